The summed E-state index contributed by atoms with van der Waals surface area (Å²) in [6, 6.07) is 8.91. The van der Waals surface area contributed by atoms with Gasteiger partial charge in [-0.15, -0.1) is 11.3 Å². The molecule has 1 atom stereocenters. The number of carboxylic acid groups (broad SMARTS) is 1. The van der Waals surface area contributed by atoms with Crippen LogP contribution in [0.3, 0.4) is 0 Å². The van der Waals surface area contributed by atoms with E-state index in [1.807, 2.05) is 30.3 Å². The number of aryl methyl sites for hydroxylation is 1. The lowest BCUT2D eigenvalue weighted by molar-refractivity contribution is -0.142. The number of aliphatic carboxylic acids is 1. The molecule has 0 bridgehead atoms. The minimum Gasteiger partial charge on any atom is -0.480 e. The van der Waals surface area contributed by atoms with Crippen LogP contribution in [-0.4, -0.2) is 45.4 Å². The first-order chi connectivity index (χ1) is 15.4. The van der Waals surface area contributed by atoms with Crippen molar-refractivity contribution in [1.29, 1.82) is 0 Å². The van der Waals surface area contributed by atoms with Crippen LogP contribution in [-0.2, 0) is 14.4 Å². The lowest BCUT2D eigenvalue weighted by Gasteiger charge is -2.14. The second-order valence-electron chi connectivity index (χ2n) is 7.30. The highest BCUT2D eigenvalue weighted by atomic mass is 32.1. The zero-order valence-electron chi connectivity index (χ0n) is 17.6. The number of benzene rings is 1. The Morgan fingerprint density at radius 1 is 1.16 bits per heavy atom. The van der Waals surface area contributed by atoms with Gasteiger partial charge in [0.2, 0.25) is 11.8 Å². The number of carboxylic acids is 1. The van der Waals surface area contributed by atoms with E-state index in [1.165, 1.54) is 6.33 Å². The molecule has 2 heterocycles. The molecule has 0 aliphatic rings. The van der Waals surface area contributed by atoms with E-state index in [4.69, 9.17) is 5.73 Å². The van der Waals surface area contributed by atoms with Crippen LogP contribution in [0.1, 0.15) is 30.6 Å². The van der Waals surface area contributed by atoms with Gasteiger partial charge in [0.05, 0.1) is 5.39 Å². The van der Waals surface area contributed by atoms with E-state index >= 15 is 0 Å². The fraction of sp³-hybridized carbons (Fsp3) is 0.318. The number of nitrogens with two attached hydrogens (primary N) is 1. The van der Waals surface area contributed by atoms with E-state index in [-0.39, 0.29) is 19.3 Å². The fourth-order valence-corrected chi connectivity index (χ4v) is 4.41. The number of nitrogens with zero attached hydrogens (tertiary/aromatic N) is 2. The number of anilines is 1. The molecule has 0 fully saturated rings. The number of primary amides is 1. The van der Waals surface area contributed by atoms with Crippen LogP contribution in [0, 0.1) is 6.92 Å². The van der Waals surface area contributed by atoms with Crippen LogP contribution in [0.2, 0.25) is 0 Å². The molecule has 3 rings (SSSR count). The van der Waals surface area contributed by atoms with Crippen molar-refractivity contribution in [2.75, 3.05) is 11.9 Å². The predicted octanol–water partition coefficient (Wildman–Crippen LogP) is 2.69. The SMILES string of the molecule is Cc1sc2ncnc(NCCCC(=O)NC(CCC(N)=O)C(=O)O)c2c1-c1ccccc1. The molecule has 0 saturated carbocycles. The van der Waals surface area contributed by atoms with Gasteiger partial charge in [0, 0.05) is 29.8 Å². The zero-order valence-corrected chi connectivity index (χ0v) is 18.4. The summed E-state index contributed by atoms with van der Waals surface area (Å²) in [5.74, 6) is -1.50. The van der Waals surface area contributed by atoms with Crippen molar-refractivity contribution in [2.45, 2.75) is 38.6 Å². The molecule has 0 aliphatic carbocycles. The summed E-state index contributed by atoms with van der Waals surface area (Å²) in [5, 5.41) is 15.8. The Hall–Kier alpha value is -3.53. The van der Waals surface area contributed by atoms with Crippen LogP contribution in [0.25, 0.3) is 21.3 Å². The Labute approximate surface area is 189 Å². The minimum absolute atomic E-state index is 0.0344. The van der Waals surface area contributed by atoms with Crippen molar-refractivity contribution in [1.82, 2.24) is 15.3 Å². The van der Waals surface area contributed by atoms with Crippen molar-refractivity contribution in [3.05, 3.63) is 41.5 Å². The van der Waals surface area contributed by atoms with E-state index < -0.39 is 23.8 Å². The van der Waals surface area contributed by atoms with Gasteiger partial charge < -0.3 is 21.5 Å². The molecular formula is C22H25N5O4S. The van der Waals surface area contributed by atoms with Crippen LogP contribution in [0.5, 0.6) is 0 Å². The number of nitrogens with one attached hydrogen (secondary N) is 2. The van der Waals surface area contributed by atoms with Gasteiger partial charge in [0.1, 0.15) is 23.0 Å². The zero-order chi connectivity index (χ0) is 23.1. The number of aromatic nitrogens is 2. The predicted molar refractivity (Wildman–Crippen MR) is 123 cm³/mol. The smallest absolute Gasteiger partial charge is 0.326 e. The monoisotopic (exact) mass is 455 g/mol. The summed E-state index contributed by atoms with van der Waals surface area (Å²) >= 11 is 1.60. The van der Waals surface area contributed by atoms with Gasteiger partial charge in [-0.25, -0.2) is 14.8 Å². The highest BCUT2D eigenvalue weighted by Crippen LogP contribution is 2.40. The van der Waals surface area contributed by atoms with E-state index in [1.54, 1.807) is 11.3 Å². The van der Waals surface area contributed by atoms with Gasteiger partial charge in [-0.2, -0.15) is 0 Å². The first kappa shape index (κ1) is 23.1. The number of carbonyl (C=O) groups is 3. The van der Waals surface area contributed by atoms with E-state index in [2.05, 4.69) is 27.5 Å². The molecule has 0 saturated heterocycles. The number of rotatable bonds is 11. The molecule has 2 aromatic heterocycles. The normalized spacial score (nSPS) is 11.8. The van der Waals surface area contributed by atoms with Crippen molar-refractivity contribution in [2.24, 2.45) is 5.73 Å². The molecule has 9 nitrogen and oxygen atoms in total. The molecule has 168 valence electrons. The lowest BCUT2D eigenvalue weighted by Crippen LogP contribution is -2.41. The number of fused-ring (bicyclic) bond motifs is 1. The third-order valence-corrected chi connectivity index (χ3v) is 5.93. The Bertz CT molecular complexity index is 1120. The molecule has 0 spiro atoms. The largest absolute Gasteiger partial charge is 0.480 e. The topological polar surface area (TPSA) is 147 Å². The maximum atomic E-state index is 12.1. The van der Waals surface area contributed by atoms with Gasteiger partial charge in [0.15, 0.2) is 0 Å². The molecule has 0 radical (unpaired) electrons. The Morgan fingerprint density at radius 2 is 1.91 bits per heavy atom. The Kier molecular flexibility index (Phi) is 7.72. The third-order valence-electron chi connectivity index (χ3n) is 4.91. The summed E-state index contributed by atoms with van der Waals surface area (Å²) < 4.78 is 0. The number of hydrogen-bond donors (Lipinski definition) is 4. The van der Waals surface area contributed by atoms with Crippen LogP contribution in [0.4, 0.5) is 5.82 Å². The molecule has 32 heavy (non-hydrogen) atoms. The lowest BCUT2D eigenvalue weighted by atomic mass is 10.0. The average molecular weight is 456 g/mol. The molecule has 3 aromatic rings. The second-order valence-corrected chi connectivity index (χ2v) is 8.50. The molecule has 0 aliphatic heterocycles. The van der Waals surface area contributed by atoms with Gasteiger partial charge in [-0.3, -0.25) is 9.59 Å². The number of thiophene rings is 1. The molecule has 1 unspecified atom stereocenters. The quantitative estimate of drug-likeness (QED) is 0.325. The highest BCUT2D eigenvalue weighted by Gasteiger charge is 2.20. The van der Waals surface area contributed by atoms with Crippen LogP contribution in [0.15, 0.2) is 36.7 Å². The molecular weight excluding hydrogens is 430 g/mol. The molecule has 10 heteroatoms. The first-order valence-electron chi connectivity index (χ1n) is 10.2. The number of hydrogen-bond acceptors (Lipinski definition) is 7. The second kappa shape index (κ2) is 10.7. The van der Waals surface area contributed by atoms with Crippen molar-refractivity contribution in [3.8, 4) is 11.1 Å². The van der Waals surface area contributed by atoms with E-state index in [0.717, 1.165) is 26.2 Å². The summed E-state index contributed by atoms with van der Waals surface area (Å²) in [7, 11) is 0. The summed E-state index contributed by atoms with van der Waals surface area (Å²) in [6.45, 7) is 2.53. The van der Waals surface area contributed by atoms with Crippen LogP contribution < -0.4 is 16.4 Å². The summed E-state index contributed by atoms with van der Waals surface area (Å²) in [4.78, 5) is 45.1. The van der Waals surface area contributed by atoms with Crippen molar-refractivity contribution < 1.29 is 19.5 Å². The Morgan fingerprint density at radius 3 is 2.59 bits per heavy atom. The maximum Gasteiger partial charge on any atom is 0.326 e. The van der Waals surface area contributed by atoms with E-state index in [0.29, 0.717) is 18.8 Å². The minimum atomic E-state index is -1.19. The highest BCUT2D eigenvalue weighted by molar-refractivity contribution is 7.19. The van der Waals surface area contributed by atoms with E-state index in [9.17, 15) is 19.5 Å². The standard InChI is InChI=1S/C22H25N5O4S/c1-13-18(14-6-3-2-4-7-14)19-20(25-12-26-21(19)32-13)24-11-5-8-17(29)27-15(22(30)31)9-10-16(23)28/h2-4,6-7,12,15H,5,8-11H2,1H3,(H2,23,28)(H,27,29)(H,30,31)(H,24,25,26). The van der Waals surface area contributed by atoms with Gasteiger partial charge in [-0.05, 0) is 25.3 Å². The van der Waals surface area contributed by atoms with Gasteiger partial charge in [-0.1, -0.05) is 30.3 Å². The molecule has 2 amide bonds. The van der Waals surface area contributed by atoms with Gasteiger partial charge >= 0.3 is 5.97 Å². The average Bonchev–Trinajstić information content (AvgIpc) is 3.10. The first-order valence-corrected chi connectivity index (χ1v) is 11.0. The fourth-order valence-electron chi connectivity index (χ4n) is 3.40. The Balaban J connectivity index is 1.62. The molecule has 5 N–H and O–H groups in total. The van der Waals surface area contributed by atoms with Crippen molar-refractivity contribution in [3.63, 3.8) is 0 Å². The number of carbonyl (C=O) groups excluding carboxylic acids is 2. The molecule has 1 aromatic carbocycles. The summed E-state index contributed by atoms with van der Waals surface area (Å²) in [6.07, 6.45) is 1.98. The van der Waals surface area contributed by atoms with Crippen LogP contribution >= 0.6 is 11.3 Å². The van der Waals surface area contributed by atoms with Gasteiger partial charge in [0.25, 0.3) is 0 Å². The summed E-state index contributed by atoms with van der Waals surface area (Å²) in [5.41, 5.74) is 7.23. The van der Waals surface area contributed by atoms with Crippen molar-refractivity contribution >= 4 is 45.2 Å². The number of amides is 2. The maximum absolute atomic E-state index is 12.1. The third kappa shape index (κ3) is 5.79.